The molecule has 0 radical (unpaired) electrons. The van der Waals surface area contributed by atoms with Crippen molar-refractivity contribution < 1.29 is 0 Å². The molecule has 0 aliphatic rings. The van der Waals surface area contributed by atoms with Crippen molar-refractivity contribution in [2.24, 2.45) is 10.4 Å². The zero-order valence-corrected chi connectivity index (χ0v) is 17.3. The molecule has 0 bridgehead atoms. The summed E-state index contributed by atoms with van der Waals surface area (Å²) in [4.78, 5) is 8.66. The Morgan fingerprint density at radius 3 is 2.36 bits per heavy atom. The molecule has 0 saturated carbocycles. The van der Waals surface area contributed by atoms with E-state index in [0.717, 1.165) is 17.7 Å². The molecular weight excluding hydrogens is 304 g/mol. The van der Waals surface area contributed by atoms with Gasteiger partial charge in [0.25, 0.3) is 0 Å². The van der Waals surface area contributed by atoms with Gasteiger partial charge in [-0.05, 0) is 68.7 Å². The molecule has 2 nitrogen and oxygen atoms in total. The van der Waals surface area contributed by atoms with Crippen LogP contribution in [0.25, 0.3) is 5.57 Å². The van der Waals surface area contributed by atoms with Gasteiger partial charge in [-0.2, -0.15) is 0 Å². The molecule has 1 heterocycles. The van der Waals surface area contributed by atoms with Crippen LogP contribution in [0, 0.1) is 12.3 Å². The summed E-state index contributed by atoms with van der Waals surface area (Å²) in [7, 11) is 1.81. The fourth-order valence-electron chi connectivity index (χ4n) is 2.54. The van der Waals surface area contributed by atoms with Gasteiger partial charge in [0.15, 0.2) is 0 Å². The Bertz CT molecular complexity index is 678. The molecule has 1 aromatic rings. The topological polar surface area (TPSA) is 25.2 Å². The predicted molar refractivity (Wildman–Crippen MR) is 112 cm³/mol. The molecule has 0 atom stereocenters. The van der Waals surface area contributed by atoms with Crippen LogP contribution in [-0.4, -0.2) is 18.2 Å². The second kappa shape index (κ2) is 9.50. The Morgan fingerprint density at radius 1 is 1.20 bits per heavy atom. The molecule has 0 fully saturated rings. The Morgan fingerprint density at radius 2 is 1.88 bits per heavy atom. The molecule has 0 spiro atoms. The molecule has 0 aliphatic carbocycles. The van der Waals surface area contributed by atoms with E-state index in [4.69, 9.17) is 0 Å². The molecular formula is C23H34N2. The lowest BCUT2D eigenvalue weighted by molar-refractivity contribution is 0.379. The van der Waals surface area contributed by atoms with Crippen molar-refractivity contribution in [2.75, 3.05) is 7.05 Å². The molecule has 0 saturated heterocycles. The minimum Gasteiger partial charge on any atom is -0.296 e. The summed E-state index contributed by atoms with van der Waals surface area (Å²) in [5.41, 5.74) is 7.55. The van der Waals surface area contributed by atoms with Crippen molar-refractivity contribution >= 4 is 11.8 Å². The maximum atomic E-state index is 4.49. The predicted octanol–water partition coefficient (Wildman–Crippen LogP) is 6.58. The van der Waals surface area contributed by atoms with Crippen molar-refractivity contribution in [3.8, 4) is 0 Å². The highest BCUT2D eigenvalue weighted by atomic mass is 14.7. The zero-order valence-electron chi connectivity index (χ0n) is 17.3. The van der Waals surface area contributed by atoms with E-state index in [9.17, 15) is 0 Å². The van der Waals surface area contributed by atoms with E-state index >= 15 is 0 Å². The van der Waals surface area contributed by atoms with Gasteiger partial charge < -0.3 is 0 Å². The minimum atomic E-state index is 0.337. The maximum absolute atomic E-state index is 4.49. The number of aromatic nitrogens is 1. The standard InChI is InChI=1S/C23H34N2/c1-9-20(12-13-23(5,6)7)14-22(19(4)17(2)15-24-8)21-11-10-18(3)25-16-21/h9-11,14-16H,12-13H2,1-8H3/b19-17+,20-9-,22-14+,24-15?. The van der Waals surface area contributed by atoms with Gasteiger partial charge in [0.2, 0.25) is 0 Å². The fraction of sp³-hybridized carbons (Fsp3) is 0.478. The molecule has 0 aromatic carbocycles. The lowest BCUT2D eigenvalue weighted by Crippen LogP contribution is -2.04. The van der Waals surface area contributed by atoms with E-state index in [1.54, 1.807) is 0 Å². The molecule has 0 N–H and O–H groups in total. The Hall–Kier alpha value is -1.96. The summed E-state index contributed by atoms with van der Waals surface area (Å²) in [6, 6.07) is 4.23. The summed E-state index contributed by atoms with van der Waals surface area (Å²) in [5.74, 6) is 0. The van der Waals surface area contributed by atoms with Crippen LogP contribution in [-0.2, 0) is 0 Å². The molecule has 0 amide bonds. The molecule has 0 aliphatic heterocycles. The summed E-state index contributed by atoms with van der Waals surface area (Å²) in [6.07, 6.45) is 10.7. The number of aliphatic imine (C=N–C) groups is 1. The van der Waals surface area contributed by atoms with Gasteiger partial charge in [-0.1, -0.05) is 44.6 Å². The first-order valence-corrected chi connectivity index (χ1v) is 9.08. The lowest BCUT2D eigenvalue weighted by Gasteiger charge is -2.19. The normalized spacial score (nSPS) is 14.9. The van der Waals surface area contributed by atoms with Crippen molar-refractivity contribution in [2.45, 2.75) is 61.3 Å². The second-order valence-electron chi connectivity index (χ2n) is 7.87. The number of rotatable bonds is 6. The van der Waals surface area contributed by atoms with Crippen molar-refractivity contribution in [3.63, 3.8) is 0 Å². The molecule has 0 unspecified atom stereocenters. The van der Waals surface area contributed by atoms with Crippen LogP contribution >= 0.6 is 0 Å². The highest BCUT2D eigenvalue weighted by molar-refractivity contribution is 5.89. The number of hydrogen-bond acceptors (Lipinski definition) is 2. The maximum Gasteiger partial charge on any atom is 0.0373 e. The van der Waals surface area contributed by atoms with Gasteiger partial charge >= 0.3 is 0 Å². The fourth-order valence-corrected chi connectivity index (χ4v) is 2.54. The van der Waals surface area contributed by atoms with E-state index in [0.29, 0.717) is 5.41 Å². The van der Waals surface area contributed by atoms with E-state index in [-0.39, 0.29) is 0 Å². The third-order valence-electron chi connectivity index (χ3n) is 4.40. The molecule has 1 rings (SSSR count). The zero-order chi connectivity index (χ0) is 19.0. The van der Waals surface area contributed by atoms with Gasteiger partial charge in [0, 0.05) is 30.7 Å². The van der Waals surface area contributed by atoms with Crippen molar-refractivity contribution in [1.29, 1.82) is 0 Å². The van der Waals surface area contributed by atoms with Crippen LogP contribution in [0.5, 0.6) is 0 Å². The summed E-state index contributed by atoms with van der Waals surface area (Å²) in [6.45, 7) is 15.3. The molecule has 2 heteroatoms. The van der Waals surface area contributed by atoms with Crippen LogP contribution in [0.2, 0.25) is 0 Å². The third-order valence-corrected chi connectivity index (χ3v) is 4.40. The Balaban J connectivity index is 3.34. The highest BCUT2D eigenvalue weighted by Gasteiger charge is 2.12. The number of nitrogens with zero attached hydrogens (tertiary/aromatic N) is 2. The number of aryl methyl sites for hydroxylation is 1. The largest absolute Gasteiger partial charge is 0.296 e. The van der Waals surface area contributed by atoms with Crippen LogP contribution in [0.1, 0.15) is 65.6 Å². The first kappa shape index (κ1) is 21.1. The first-order valence-electron chi connectivity index (χ1n) is 9.08. The van der Waals surface area contributed by atoms with Gasteiger partial charge in [0.05, 0.1) is 0 Å². The number of allylic oxidation sites excluding steroid dienone is 6. The SMILES string of the molecule is C\C=C(/C=C(\C(C)=C(/C)C=NC)c1ccc(C)nc1)CCC(C)(C)C. The molecule has 1 aromatic heterocycles. The van der Waals surface area contributed by atoms with E-state index < -0.39 is 0 Å². The smallest absolute Gasteiger partial charge is 0.0373 e. The average Bonchev–Trinajstić information content (AvgIpc) is 2.55. The summed E-state index contributed by atoms with van der Waals surface area (Å²) in [5, 5.41) is 0. The lowest BCUT2D eigenvalue weighted by atomic mass is 9.87. The quantitative estimate of drug-likeness (QED) is 0.424. The van der Waals surface area contributed by atoms with Crippen LogP contribution in [0.4, 0.5) is 0 Å². The van der Waals surface area contributed by atoms with Gasteiger partial charge in [0.1, 0.15) is 0 Å². The monoisotopic (exact) mass is 338 g/mol. The third kappa shape index (κ3) is 7.21. The van der Waals surface area contributed by atoms with Crippen molar-refractivity contribution in [1.82, 2.24) is 4.98 Å². The first-order chi connectivity index (χ1) is 11.7. The van der Waals surface area contributed by atoms with Crippen LogP contribution in [0.3, 0.4) is 0 Å². The Kier molecular flexibility index (Phi) is 8.02. The van der Waals surface area contributed by atoms with Gasteiger partial charge in [-0.3, -0.25) is 9.98 Å². The Labute approximate surface area is 154 Å². The minimum absolute atomic E-state index is 0.337. The van der Waals surface area contributed by atoms with E-state index in [1.165, 1.54) is 28.7 Å². The number of hydrogen-bond donors (Lipinski definition) is 0. The average molecular weight is 339 g/mol. The van der Waals surface area contributed by atoms with E-state index in [1.807, 2.05) is 26.4 Å². The summed E-state index contributed by atoms with van der Waals surface area (Å²) >= 11 is 0. The molecule has 136 valence electrons. The number of pyridine rings is 1. The molecule has 25 heavy (non-hydrogen) atoms. The van der Waals surface area contributed by atoms with Gasteiger partial charge in [-0.25, -0.2) is 0 Å². The van der Waals surface area contributed by atoms with Crippen LogP contribution in [0.15, 0.2) is 52.2 Å². The van der Waals surface area contributed by atoms with Crippen LogP contribution < -0.4 is 0 Å². The summed E-state index contributed by atoms with van der Waals surface area (Å²) < 4.78 is 0. The van der Waals surface area contributed by atoms with Gasteiger partial charge in [-0.15, -0.1) is 0 Å². The van der Waals surface area contributed by atoms with Crippen molar-refractivity contribution in [3.05, 3.63) is 58.5 Å². The van der Waals surface area contributed by atoms with E-state index in [2.05, 4.69) is 75.8 Å². The highest BCUT2D eigenvalue weighted by Crippen LogP contribution is 2.29. The second-order valence-corrected chi connectivity index (χ2v) is 7.87.